The number of rotatable bonds is 6. The molecule has 2 N–H and O–H groups in total. The molecule has 8 heteroatoms. The summed E-state index contributed by atoms with van der Waals surface area (Å²) in [4.78, 5) is 22.8. The monoisotopic (exact) mass is 379 g/mol. The third-order valence-electron chi connectivity index (χ3n) is 2.68. The number of carboxylic acid groups (broad SMARTS) is 1. The standard InChI is InChI=1S/C14H13BrF3NO3/c1-8(15)5-11(13(21)22)19-12(20)7-9-3-2-4-10(6-9)14(16,17)18/h2-4,6,11H,1,5,7H2,(H,19,20)(H,21,22)/t11-/m1/s1. The van der Waals surface area contributed by atoms with E-state index in [1.54, 1.807) is 0 Å². The van der Waals surface area contributed by atoms with Crippen LogP contribution in [-0.2, 0) is 22.2 Å². The number of carbonyl (C=O) groups is 2. The second-order valence-electron chi connectivity index (χ2n) is 4.55. The molecule has 0 aliphatic heterocycles. The van der Waals surface area contributed by atoms with Crippen LogP contribution in [0.25, 0.3) is 0 Å². The molecule has 1 atom stereocenters. The molecule has 0 heterocycles. The van der Waals surface area contributed by atoms with E-state index in [1.165, 1.54) is 12.1 Å². The summed E-state index contributed by atoms with van der Waals surface area (Å²) < 4.78 is 38.1. The van der Waals surface area contributed by atoms with Crippen LogP contribution in [0.3, 0.4) is 0 Å². The highest BCUT2D eigenvalue weighted by Gasteiger charge is 2.30. The first-order valence-corrected chi connectivity index (χ1v) is 6.90. The molecule has 0 saturated heterocycles. The highest BCUT2D eigenvalue weighted by atomic mass is 79.9. The first-order chi connectivity index (χ1) is 10.1. The van der Waals surface area contributed by atoms with Gasteiger partial charge in [-0.25, -0.2) is 4.79 Å². The quantitative estimate of drug-likeness (QED) is 0.797. The lowest BCUT2D eigenvalue weighted by atomic mass is 10.1. The van der Waals surface area contributed by atoms with Gasteiger partial charge in [0.25, 0.3) is 0 Å². The van der Waals surface area contributed by atoms with E-state index >= 15 is 0 Å². The molecule has 4 nitrogen and oxygen atoms in total. The summed E-state index contributed by atoms with van der Waals surface area (Å²) in [5.74, 6) is -1.93. The number of nitrogens with one attached hydrogen (secondary N) is 1. The second kappa shape index (κ2) is 7.44. The maximum absolute atomic E-state index is 12.6. The van der Waals surface area contributed by atoms with Crippen LogP contribution in [0.15, 0.2) is 35.3 Å². The van der Waals surface area contributed by atoms with Gasteiger partial charge < -0.3 is 10.4 Å². The van der Waals surface area contributed by atoms with E-state index in [4.69, 9.17) is 5.11 Å². The predicted octanol–water partition coefficient (Wildman–Crippen LogP) is 3.12. The van der Waals surface area contributed by atoms with E-state index in [2.05, 4.69) is 27.8 Å². The van der Waals surface area contributed by atoms with Crippen molar-refractivity contribution in [1.29, 1.82) is 0 Å². The molecule has 0 bridgehead atoms. The lowest BCUT2D eigenvalue weighted by Crippen LogP contribution is -2.41. The van der Waals surface area contributed by atoms with Crippen LogP contribution in [0.5, 0.6) is 0 Å². The molecule has 120 valence electrons. The van der Waals surface area contributed by atoms with Gasteiger partial charge in [-0.15, -0.1) is 0 Å². The molecule has 0 fully saturated rings. The first kappa shape index (κ1) is 18.2. The molecule has 22 heavy (non-hydrogen) atoms. The fourth-order valence-corrected chi connectivity index (χ4v) is 2.03. The van der Waals surface area contributed by atoms with Crippen molar-refractivity contribution in [2.24, 2.45) is 0 Å². The van der Waals surface area contributed by atoms with Crippen LogP contribution in [0.2, 0.25) is 0 Å². The molecule has 0 saturated carbocycles. The Morgan fingerprint density at radius 1 is 1.36 bits per heavy atom. The van der Waals surface area contributed by atoms with Crippen molar-refractivity contribution in [3.8, 4) is 0 Å². The van der Waals surface area contributed by atoms with Crippen molar-refractivity contribution < 1.29 is 27.9 Å². The van der Waals surface area contributed by atoms with Crippen LogP contribution in [-0.4, -0.2) is 23.0 Å². The third kappa shape index (κ3) is 5.88. The van der Waals surface area contributed by atoms with Gasteiger partial charge in [-0.3, -0.25) is 4.79 Å². The normalized spacial score (nSPS) is 12.5. The minimum absolute atomic E-state index is 0.0241. The molecule has 1 amide bonds. The van der Waals surface area contributed by atoms with Crippen molar-refractivity contribution in [3.05, 3.63) is 46.5 Å². The van der Waals surface area contributed by atoms with E-state index in [9.17, 15) is 22.8 Å². The molecule has 0 aromatic heterocycles. The van der Waals surface area contributed by atoms with Gasteiger partial charge in [0.15, 0.2) is 0 Å². The number of aliphatic carboxylic acids is 1. The number of hydrogen-bond donors (Lipinski definition) is 2. The van der Waals surface area contributed by atoms with Gasteiger partial charge in [0, 0.05) is 6.42 Å². The van der Waals surface area contributed by atoms with Gasteiger partial charge in [0.2, 0.25) is 5.91 Å². The summed E-state index contributed by atoms with van der Waals surface area (Å²) in [5, 5.41) is 11.2. The van der Waals surface area contributed by atoms with Crippen molar-refractivity contribution >= 4 is 27.8 Å². The molecule has 0 aliphatic carbocycles. The summed E-state index contributed by atoms with van der Waals surface area (Å²) in [7, 11) is 0. The van der Waals surface area contributed by atoms with Crippen LogP contribution in [0, 0.1) is 0 Å². The Hall–Kier alpha value is -1.83. The minimum atomic E-state index is -4.50. The Balaban J connectivity index is 2.76. The fourth-order valence-electron chi connectivity index (χ4n) is 1.71. The summed E-state index contributed by atoms with van der Waals surface area (Å²) in [6.07, 6.45) is -4.87. The van der Waals surface area contributed by atoms with Crippen molar-refractivity contribution in [3.63, 3.8) is 0 Å². The molecule has 1 aromatic carbocycles. The molecule has 0 aliphatic rings. The maximum Gasteiger partial charge on any atom is 0.416 e. The van der Waals surface area contributed by atoms with E-state index in [-0.39, 0.29) is 18.4 Å². The maximum atomic E-state index is 12.6. The average Bonchev–Trinajstić information content (AvgIpc) is 2.36. The van der Waals surface area contributed by atoms with Gasteiger partial charge in [0.05, 0.1) is 12.0 Å². The van der Waals surface area contributed by atoms with Crippen molar-refractivity contribution in [1.82, 2.24) is 5.32 Å². The summed E-state index contributed by atoms with van der Waals surface area (Å²) >= 11 is 3.00. The van der Waals surface area contributed by atoms with Crippen LogP contribution < -0.4 is 5.32 Å². The highest BCUT2D eigenvalue weighted by Crippen LogP contribution is 2.29. The zero-order valence-corrected chi connectivity index (χ0v) is 12.9. The van der Waals surface area contributed by atoms with Crippen LogP contribution in [0.4, 0.5) is 13.2 Å². The zero-order chi connectivity index (χ0) is 16.9. The number of halogens is 4. The Morgan fingerprint density at radius 2 is 2.00 bits per heavy atom. The minimum Gasteiger partial charge on any atom is -0.480 e. The topological polar surface area (TPSA) is 66.4 Å². The van der Waals surface area contributed by atoms with Gasteiger partial charge >= 0.3 is 12.1 Å². The van der Waals surface area contributed by atoms with Crippen molar-refractivity contribution in [2.45, 2.75) is 25.1 Å². The molecule has 0 unspecified atom stereocenters. The average molecular weight is 380 g/mol. The molecule has 0 spiro atoms. The number of amides is 1. The van der Waals surface area contributed by atoms with Gasteiger partial charge in [0.1, 0.15) is 6.04 Å². The number of alkyl halides is 3. The van der Waals surface area contributed by atoms with E-state index in [1.807, 2.05) is 0 Å². The zero-order valence-electron chi connectivity index (χ0n) is 11.3. The van der Waals surface area contributed by atoms with Gasteiger partial charge in [-0.2, -0.15) is 13.2 Å². The number of carbonyl (C=O) groups excluding carboxylic acids is 1. The Morgan fingerprint density at radius 3 is 2.50 bits per heavy atom. The smallest absolute Gasteiger partial charge is 0.416 e. The Bertz CT molecular complexity index is 587. The van der Waals surface area contributed by atoms with E-state index in [0.29, 0.717) is 4.48 Å². The summed E-state index contributed by atoms with van der Waals surface area (Å²) in [5.41, 5.74) is -0.712. The number of benzene rings is 1. The lowest BCUT2D eigenvalue weighted by molar-refractivity contribution is -0.141. The second-order valence-corrected chi connectivity index (χ2v) is 5.68. The highest BCUT2D eigenvalue weighted by molar-refractivity contribution is 9.11. The lowest BCUT2D eigenvalue weighted by Gasteiger charge is -2.14. The summed E-state index contributed by atoms with van der Waals surface area (Å²) in [6, 6.07) is 3.13. The molecule has 1 aromatic rings. The van der Waals surface area contributed by atoms with E-state index < -0.39 is 29.7 Å². The third-order valence-corrected chi connectivity index (χ3v) is 3.00. The van der Waals surface area contributed by atoms with Gasteiger partial charge in [-0.05, 0) is 16.1 Å². The molecule has 1 rings (SSSR count). The van der Waals surface area contributed by atoms with Crippen LogP contribution >= 0.6 is 15.9 Å². The first-order valence-electron chi connectivity index (χ1n) is 6.11. The summed E-state index contributed by atoms with van der Waals surface area (Å²) in [6.45, 7) is 3.48. The molecule has 0 radical (unpaired) electrons. The largest absolute Gasteiger partial charge is 0.480 e. The number of hydrogen-bond acceptors (Lipinski definition) is 2. The Kier molecular flexibility index (Phi) is 6.16. The van der Waals surface area contributed by atoms with Crippen molar-refractivity contribution in [2.75, 3.05) is 0 Å². The van der Waals surface area contributed by atoms with Crippen LogP contribution in [0.1, 0.15) is 17.5 Å². The fraction of sp³-hybridized carbons (Fsp3) is 0.286. The van der Waals surface area contributed by atoms with E-state index in [0.717, 1.165) is 12.1 Å². The molecular weight excluding hydrogens is 367 g/mol. The SMILES string of the molecule is C=C(Br)C[C@@H](NC(=O)Cc1cccc(C(F)(F)F)c1)C(=O)O. The number of carboxylic acids is 1. The predicted molar refractivity (Wildman–Crippen MR) is 77.4 cm³/mol. The van der Waals surface area contributed by atoms with Gasteiger partial charge in [-0.1, -0.05) is 40.7 Å². The Labute approximate surface area is 133 Å². The molecular formula is C14H13BrF3NO3.